The molecule has 4 aromatic rings. The monoisotopic (exact) mass is 424 g/mol. The number of methoxy groups -OCH3 is 1. The highest BCUT2D eigenvalue weighted by Crippen LogP contribution is 2.38. The molecule has 0 saturated carbocycles. The summed E-state index contributed by atoms with van der Waals surface area (Å²) in [6.45, 7) is 1.65. The van der Waals surface area contributed by atoms with Crippen LogP contribution in [0.3, 0.4) is 0 Å². The number of nitrogens with one attached hydrogen (secondary N) is 1. The molecule has 0 aliphatic rings. The van der Waals surface area contributed by atoms with Gasteiger partial charge in [0.2, 0.25) is 0 Å². The van der Waals surface area contributed by atoms with E-state index in [1.165, 1.54) is 13.2 Å². The van der Waals surface area contributed by atoms with Crippen molar-refractivity contribution in [2.24, 2.45) is 0 Å². The first kappa shape index (κ1) is 20.6. The smallest absolute Gasteiger partial charge is 0.416 e. The molecule has 31 heavy (non-hydrogen) atoms. The number of ether oxygens (including phenoxy) is 1. The average Bonchev–Trinajstić information content (AvgIpc) is 2.77. The summed E-state index contributed by atoms with van der Waals surface area (Å²) in [7, 11) is 3.28. The van der Waals surface area contributed by atoms with Gasteiger partial charge in [-0.3, -0.25) is 4.98 Å². The van der Waals surface area contributed by atoms with Gasteiger partial charge in [-0.2, -0.15) is 13.2 Å². The highest BCUT2D eigenvalue weighted by Gasteiger charge is 2.30. The average molecular weight is 424 g/mol. The molecule has 1 N–H and O–H groups in total. The van der Waals surface area contributed by atoms with Gasteiger partial charge >= 0.3 is 6.18 Å². The molecule has 0 aliphatic heterocycles. The second-order valence-electron chi connectivity index (χ2n) is 6.99. The Hall–Kier alpha value is -3.68. The molecule has 8 heteroatoms. The zero-order valence-electron chi connectivity index (χ0n) is 17.1. The number of aryl methyl sites for hydroxylation is 1. The topological polar surface area (TPSA) is 59.9 Å². The van der Waals surface area contributed by atoms with Gasteiger partial charge in [-0.1, -0.05) is 6.07 Å². The number of hydrogen-bond donors (Lipinski definition) is 1. The minimum Gasteiger partial charge on any atom is -0.494 e. The second-order valence-corrected chi connectivity index (χ2v) is 6.99. The van der Waals surface area contributed by atoms with Gasteiger partial charge in [0.25, 0.3) is 0 Å². The number of benzene rings is 2. The maximum Gasteiger partial charge on any atom is 0.416 e. The van der Waals surface area contributed by atoms with E-state index < -0.39 is 11.7 Å². The van der Waals surface area contributed by atoms with Gasteiger partial charge in [-0.05, 0) is 60.0 Å². The Morgan fingerprint density at radius 2 is 1.81 bits per heavy atom. The van der Waals surface area contributed by atoms with Crippen LogP contribution in [-0.4, -0.2) is 29.1 Å². The highest BCUT2D eigenvalue weighted by molar-refractivity contribution is 5.98. The van der Waals surface area contributed by atoms with E-state index in [-0.39, 0.29) is 0 Å². The van der Waals surface area contributed by atoms with E-state index in [1.807, 2.05) is 12.1 Å². The minimum absolute atomic E-state index is 0.488. The molecule has 0 amide bonds. The largest absolute Gasteiger partial charge is 0.494 e. The van der Waals surface area contributed by atoms with Crippen LogP contribution in [0.5, 0.6) is 5.75 Å². The highest BCUT2D eigenvalue weighted by atomic mass is 19.4. The standard InChI is InChI=1S/C23H19F3N4O/c1-13-9-16(23(24,25)26)6-7-17(13)15-10-18-20(19(11-15)31-3)29-21(30-22(18)27-2)14-5-4-8-28-12-14/h4-12H,1-3H3,(H,27,29,30). The molecule has 4 rings (SSSR count). The van der Waals surface area contributed by atoms with Crippen molar-refractivity contribution in [3.8, 4) is 28.3 Å². The van der Waals surface area contributed by atoms with Gasteiger partial charge < -0.3 is 10.1 Å². The van der Waals surface area contributed by atoms with Crippen molar-refractivity contribution in [1.29, 1.82) is 0 Å². The molecule has 0 spiro atoms. The summed E-state index contributed by atoms with van der Waals surface area (Å²) in [5.41, 5.74) is 2.56. The van der Waals surface area contributed by atoms with Crippen LogP contribution in [0.1, 0.15) is 11.1 Å². The lowest BCUT2D eigenvalue weighted by molar-refractivity contribution is -0.137. The fourth-order valence-corrected chi connectivity index (χ4v) is 3.49. The van der Waals surface area contributed by atoms with E-state index >= 15 is 0 Å². The molecule has 2 aromatic carbocycles. The molecule has 2 heterocycles. The third-order valence-electron chi connectivity index (χ3n) is 5.01. The third kappa shape index (κ3) is 3.88. The van der Waals surface area contributed by atoms with Crippen molar-refractivity contribution in [3.63, 3.8) is 0 Å². The number of nitrogens with zero attached hydrogens (tertiary/aromatic N) is 3. The van der Waals surface area contributed by atoms with Crippen LogP contribution >= 0.6 is 0 Å². The summed E-state index contributed by atoms with van der Waals surface area (Å²) >= 11 is 0. The maximum absolute atomic E-state index is 13.1. The lowest BCUT2D eigenvalue weighted by Gasteiger charge is -2.15. The summed E-state index contributed by atoms with van der Waals surface area (Å²) in [5.74, 6) is 1.56. The number of aromatic nitrogens is 3. The first-order valence-electron chi connectivity index (χ1n) is 9.48. The van der Waals surface area contributed by atoms with Gasteiger partial charge in [-0.25, -0.2) is 9.97 Å². The molecule has 0 unspecified atom stereocenters. The predicted molar refractivity (Wildman–Crippen MR) is 114 cm³/mol. The number of alkyl halides is 3. The Labute approximate surface area is 177 Å². The first-order valence-corrected chi connectivity index (χ1v) is 9.48. The predicted octanol–water partition coefficient (Wildman–Crippen LogP) is 5.74. The van der Waals surface area contributed by atoms with Crippen LogP contribution in [-0.2, 0) is 6.18 Å². The fraction of sp³-hybridized carbons (Fsp3) is 0.174. The van der Waals surface area contributed by atoms with Crippen LogP contribution in [0.4, 0.5) is 19.0 Å². The fourth-order valence-electron chi connectivity index (χ4n) is 3.49. The van der Waals surface area contributed by atoms with E-state index in [1.54, 1.807) is 38.5 Å². The van der Waals surface area contributed by atoms with Crippen molar-refractivity contribution in [2.45, 2.75) is 13.1 Å². The molecule has 0 radical (unpaired) electrons. The normalized spacial score (nSPS) is 11.5. The quantitative estimate of drug-likeness (QED) is 0.453. The van der Waals surface area contributed by atoms with Crippen LogP contribution in [0, 0.1) is 6.92 Å². The van der Waals surface area contributed by atoms with Gasteiger partial charge in [0, 0.05) is 30.4 Å². The minimum atomic E-state index is -4.39. The molecule has 0 atom stereocenters. The van der Waals surface area contributed by atoms with E-state index in [4.69, 9.17) is 4.74 Å². The molecule has 2 aromatic heterocycles. The van der Waals surface area contributed by atoms with Crippen LogP contribution in [0.2, 0.25) is 0 Å². The number of fused-ring (bicyclic) bond motifs is 1. The van der Waals surface area contributed by atoms with E-state index in [0.29, 0.717) is 45.0 Å². The van der Waals surface area contributed by atoms with Crippen LogP contribution in [0.25, 0.3) is 33.4 Å². The Kier molecular flexibility index (Phi) is 5.22. The number of hydrogen-bond acceptors (Lipinski definition) is 5. The van der Waals surface area contributed by atoms with Crippen molar-refractivity contribution >= 4 is 16.7 Å². The molecule has 0 saturated heterocycles. The summed E-state index contributed by atoms with van der Waals surface area (Å²) in [5, 5.41) is 3.78. The molecule has 158 valence electrons. The van der Waals surface area contributed by atoms with E-state index in [2.05, 4.69) is 20.3 Å². The van der Waals surface area contributed by atoms with Gasteiger partial charge in [0.15, 0.2) is 5.82 Å². The summed E-state index contributed by atoms with van der Waals surface area (Å²) in [6.07, 6.45) is -1.05. The van der Waals surface area contributed by atoms with Crippen molar-refractivity contribution in [2.75, 3.05) is 19.5 Å². The van der Waals surface area contributed by atoms with Crippen LogP contribution < -0.4 is 10.1 Å². The molecular weight excluding hydrogens is 405 g/mol. The maximum atomic E-state index is 13.1. The second kappa shape index (κ2) is 7.86. The molecule has 5 nitrogen and oxygen atoms in total. The molecule has 0 bridgehead atoms. The third-order valence-corrected chi connectivity index (χ3v) is 5.01. The number of anilines is 1. The lowest BCUT2D eigenvalue weighted by atomic mass is 9.96. The number of halogens is 3. The summed E-state index contributed by atoms with van der Waals surface area (Å²) in [6, 6.07) is 11.0. The SMILES string of the molecule is CNc1nc(-c2cccnc2)nc2c(OC)cc(-c3ccc(C(F)(F)F)cc3C)cc12. The lowest BCUT2D eigenvalue weighted by Crippen LogP contribution is -2.05. The van der Waals surface area contributed by atoms with Crippen LogP contribution in [0.15, 0.2) is 54.9 Å². The Morgan fingerprint density at radius 3 is 2.42 bits per heavy atom. The zero-order chi connectivity index (χ0) is 22.2. The first-order chi connectivity index (χ1) is 14.8. The van der Waals surface area contributed by atoms with Gasteiger partial charge in [0.1, 0.15) is 17.1 Å². The Balaban J connectivity index is 1.92. The van der Waals surface area contributed by atoms with Crippen molar-refractivity contribution in [3.05, 3.63) is 66.0 Å². The van der Waals surface area contributed by atoms with Crippen molar-refractivity contribution in [1.82, 2.24) is 15.0 Å². The van der Waals surface area contributed by atoms with Crippen molar-refractivity contribution < 1.29 is 17.9 Å². The summed E-state index contributed by atoms with van der Waals surface area (Å²) < 4.78 is 44.8. The summed E-state index contributed by atoms with van der Waals surface area (Å²) in [4.78, 5) is 13.4. The Bertz CT molecular complexity index is 1260. The molecule has 0 aliphatic carbocycles. The van der Waals surface area contributed by atoms with Gasteiger partial charge in [-0.15, -0.1) is 0 Å². The molecule has 0 fully saturated rings. The van der Waals surface area contributed by atoms with E-state index in [0.717, 1.165) is 17.7 Å². The van der Waals surface area contributed by atoms with Gasteiger partial charge in [0.05, 0.1) is 12.7 Å². The number of pyridine rings is 1. The van der Waals surface area contributed by atoms with E-state index in [9.17, 15) is 13.2 Å². The number of rotatable bonds is 4. The zero-order valence-corrected chi connectivity index (χ0v) is 17.1. The molecular formula is C23H19F3N4O. The Morgan fingerprint density at radius 1 is 1.00 bits per heavy atom.